The van der Waals surface area contributed by atoms with Crippen molar-refractivity contribution >= 4 is 5.69 Å². The predicted octanol–water partition coefficient (Wildman–Crippen LogP) is 4.40. The molecule has 1 nitrogen and oxygen atoms in total. The molecule has 1 aliphatic heterocycles. The number of benzene rings is 1. The highest BCUT2D eigenvalue weighted by Crippen LogP contribution is 2.58. The van der Waals surface area contributed by atoms with Crippen LogP contribution < -0.4 is 5.32 Å². The van der Waals surface area contributed by atoms with Crippen LogP contribution >= 0.6 is 0 Å². The van der Waals surface area contributed by atoms with E-state index in [1.165, 1.54) is 17.7 Å². The Morgan fingerprint density at radius 3 is 2.35 bits per heavy atom. The molecule has 1 atom stereocenters. The van der Waals surface area contributed by atoms with Crippen molar-refractivity contribution in [1.29, 1.82) is 0 Å². The highest BCUT2D eigenvalue weighted by molar-refractivity contribution is 5.58. The van der Waals surface area contributed by atoms with E-state index in [2.05, 4.69) is 30.4 Å². The van der Waals surface area contributed by atoms with Gasteiger partial charge in [-0.05, 0) is 86.7 Å². The number of nitrogens with one attached hydrogen (secondary N) is 1. The summed E-state index contributed by atoms with van der Waals surface area (Å²) in [6.45, 7) is 2.22. The maximum atomic E-state index is 3.89. The zero-order valence-electron chi connectivity index (χ0n) is 12.4. The Kier molecular flexibility index (Phi) is 2.34. The Hall–Kier alpha value is -0.980. The average Bonchev–Trinajstić information content (AvgIpc) is 2.79. The second kappa shape index (κ2) is 4.02. The first-order valence-electron chi connectivity index (χ1n) is 8.62. The van der Waals surface area contributed by atoms with Crippen LogP contribution in [0.1, 0.15) is 43.2 Å². The van der Waals surface area contributed by atoms with Gasteiger partial charge in [-0.3, -0.25) is 0 Å². The van der Waals surface area contributed by atoms with E-state index in [-0.39, 0.29) is 0 Å². The fourth-order valence-corrected chi connectivity index (χ4v) is 6.38. The van der Waals surface area contributed by atoms with Crippen molar-refractivity contribution in [1.82, 2.24) is 0 Å². The molecular formula is C19H25N. The van der Waals surface area contributed by atoms with Gasteiger partial charge in [0.15, 0.2) is 0 Å². The largest absolute Gasteiger partial charge is 0.381 e. The number of aryl methyl sites for hydroxylation is 1. The molecule has 0 aromatic heterocycles. The van der Waals surface area contributed by atoms with Gasteiger partial charge in [-0.25, -0.2) is 0 Å². The van der Waals surface area contributed by atoms with Crippen LogP contribution in [0.2, 0.25) is 0 Å². The summed E-state index contributed by atoms with van der Waals surface area (Å²) in [6, 6.07) is 7.70. The number of rotatable bonds is 1. The van der Waals surface area contributed by atoms with Crippen molar-refractivity contribution in [3.8, 4) is 0 Å². The van der Waals surface area contributed by atoms with E-state index in [4.69, 9.17) is 0 Å². The van der Waals surface area contributed by atoms with Crippen LogP contribution in [0.15, 0.2) is 18.2 Å². The monoisotopic (exact) mass is 267 g/mol. The molecule has 106 valence electrons. The Balaban J connectivity index is 1.42. The lowest BCUT2D eigenvalue weighted by Gasteiger charge is -2.56. The van der Waals surface area contributed by atoms with E-state index in [9.17, 15) is 0 Å². The molecule has 0 saturated heterocycles. The average molecular weight is 267 g/mol. The fourth-order valence-electron chi connectivity index (χ4n) is 6.38. The van der Waals surface area contributed by atoms with Crippen LogP contribution in [-0.4, -0.2) is 6.04 Å². The topological polar surface area (TPSA) is 12.0 Å². The van der Waals surface area contributed by atoms with E-state index in [1.54, 1.807) is 37.7 Å². The van der Waals surface area contributed by atoms with E-state index in [0.29, 0.717) is 0 Å². The van der Waals surface area contributed by atoms with Crippen molar-refractivity contribution in [3.05, 3.63) is 29.3 Å². The van der Waals surface area contributed by atoms with E-state index in [1.807, 2.05) is 0 Å². The van der Waals surface area contributed by atoms with Gasteiger partial charge in [-0.15, -0.1) is 0 Å². The van der Waals surface area contributed by atoms with Gasteiger partial charge in [0.1, 0.15) is 0 Å². The summed E-state index contributed by atoms with van der Waals surface area (Å²) in [5, 5.41) is 3.89. The Morgan fingerprint density at radius 1 is 0.950 bits per heavy atom. The molecular weight excluding hydrogens is 242 g/mol. The van der Waals surface area contributed by atoms with E-state index in [0.717, 1.165) is 35.6 Å². The minimum absolute atomic E-state index is 0.738. The first-order chi connectivity index (χ1) is 9.76. The van der Waals surface area contributed by atoms with Crippen LogP contribution in [0, 0.1) is 36.5 Å². The molecule has 4 aliphatic carbocycles. The van der Waals surface area contributed by atoms with Gasteiger partial charge in [-0.2, -0.15) is 0 Å². The first-order valence-corrected chi connectivity index (χ1v) is 8.62. The third-order valence-electron chi connectivity index (χ3n) is 6.81. The summed E-state index contributed by atoms with van der Waals surface area (Å²) in [5.41, 5.74) is 4.41. The van der Waals surface area contributed by atoms with Crippen molar-refractivity contribution in [2.24, 2.45) is 29.6 Å². The molecule has 4 fully saturated rings. The molecule has 0 radical (unpaired) electrons. The van der Waals surface area contributed by atoms with Gasteiger partial charge in [-0.1, -0.05) is 17.7 Å². The Bertz CT molecular complexity index is 519. The lowest BCUT2D eigenvalue weighted by atomic mass is 9.50. The van der Waals surface area contributed by atoms with Crippen LogP contribution in [0.5, 0.6) is 0 Å². The van der Waals surface area contributed by atoms with Gasteiger partial charge >= 0.3 is 0 Å². The molecule has 1 unspecified atom stereocenters. The third kappa shape index (κ3) is 1.61. The maximum Gasteiger partial charge on any atom is 0.0376 e. The maximum absolute atomic E-state index is 3.89. The molecule has 1 heterocycles. The van der Waals surface area contributed by atoms with E-state index >= 15 is 0 Å². The SMILES string of the molecule is Cc1ccc2c(c1)CC(C1C3CC4CC(C3)CC1C4)N2. The van der Waals surface area contributed by atoms with Crippen molar-refractivity contribution < 1.29 is 0 Å². The molecule has 0 amide bonds. The van der Waals surface area contributed by atoms with Crippen molar-refractivity contribution in [2.75, 3.05) is 5.32 Å². The van der Waals surface area contributed by atoms with Gasteiger partial charge in [0.2, 0.25) is 0 Å². The van der Waals surface area contributed by atoms with Gasteiger partial charge < -0.3 is 5.32 Å². The minimum Gasteiger partial charge on any atom is -0.381 e. The Labute approximate surface area is 122 Å². The summed E-state index contributed by atoms with van der Waals surface area (Å²) in [4.78, 5) is 0. The highest BCUT2D eigenvalue weighted by Gasteiger charge is 2.51. The second-order valence-corrected chi connectivity index (χ2v) is 8.12. The fraction of sp³-hybridized carbons (Fsp3) is 0.684. The summed E-state index contributed by atoms with van der Waals surface area (Å²) >= 11 is 0. The van der Waals surface area contributed by atoms with Crippen LogP contribution in [0.3, 0.4) is 0 Å². The van der Waals surface area contributed by atoms with Crippen LogP contribution in [0.4, 0.5) is 5.69 Å². The van der Waals surface area contributed by atoms with Gasteiger partial charge in [0.25, 0.3) is 0 Å². The molecule has 1 heteroatoms. The normalized spacial score (nSPS) is 44.5. The molecule has 20 heavy (non-hydrogen) atoms. The molecule has 4 bridgehead atoms. The molecule has 1 N–H and O–H groups in total. The quantitative estimate of drug-likeness (QED) is 0.795. The molecule has 0 spiro atoms. The van der Waals surface area contributed by atoms with Crippen molar-refractivity contribution in [3.63, 3.8) is 0 Å². The predicted molar refractivity (Wildman–Crippen MR) is 82.8 cm³/mol. The van der Waals surface area contributed by atoms with Gasteiger partial charge in [0, 0.05) is 11.7 Å². The standard InChI is InChI=1S/C19H25N/c1-11-2-3-17-14(4-11)10-18(20-17)19-15-6-12-5-13(8-15)9-16(19)7-12/h2-4,12-13,15-16,18-20H,5-10H2,1H3. The molecule has 1 aromatic rings. The number of anilines is 1. The van der Waals surface area contributed by atoms with Crippen molar-refractivity contribution in [2.45, 2.75) is 51.5 Å². The molecule has 6 rings (SSSR count). The molecule has 5 aliphatic rings. The van der Waals surface area contributed by atoms with E-state index < -0.39 is 0 Å². The zero-order valence-corrected chi connectivity index (χ0v) is 12.4. The number of hydrogen-bond donors (Lipinski definition) is 1. The summed E-state index contributed by atoms with van der Waals surface area (Å²) in [6.07, 6.45) is 9.04. The summed E-state index contributed by atoms with van der Waals surface area (Å²) in [5.74, 6) is 5.24. The minimum atomic E-state index is 0.738. The second-order valence-electron chi connectivity index (χ2n) is 8.12. The molecule has 1 aromatic carbocycles. The third-order valence-corrected chi connectivity index (χ3v) is 6.81. The summed E-state index contributed by atoms with van der Waals surface area (Å²) in [7, 11) is 0. The lowest BCUT2D eigenvalue weighted by molar-refractivity contribution is -0.0430. The van der Waals surface area contributed by atoms with Crippen LogP contribution in [0.25, 0.3) is 0 Å². The highest BCUT2D eigenvalue weighted by atomic mass is 15.0. The first kappa shape index (κ1) is 11.7. The number of hydrogen-bond acceptors (Lipinski definition) is 1. The lowest BCUT2D eigenvalue weighted by Crippen LogP contribution is -2.50. The van der Waals surface area contributed by atoms with Crippen LogP contribution in [-0.2, 0) is 6.42 Å². The zero-order chi connectivity index (χ0) is 13.3. The molecule has 4 saturated carbocycles. The van der Waals surface area contributed by atoms with Gasteiger partial charge in [0.05, 0.1) is 0 Å². The number of fused-ring (bicyclic) bond motifs is 1. The summed E-state index contributed by atoms with van der Waals surface area (Å²) < 4.78 is 0. The smallest absolute Gasteiger partial charge is 0.0376 e. The Morgan fingerprint density at radius 2 is 1.65 bits per heavy atom.